The van der Waals surface area contributed by atoms with Gasteiger partial charge in [0.05, 0.1) is 16.7 Å². The average molecular weight is 315 g/mol. The van der Waals surface area contributed by atoms with E-state index in [0.29, 0.717) is 12.3 Å². The first-order valence-electron chi connectivity index (χ1n) is 7.83. The summed E-state index contributed by atoms with van der Waals surface area (Å²) in [7, 11) is 0. The third kappa shape index (κ3) is 2.53. The smallest absolute Gasteiger partial charge is 0.151 e. The van der Waals surface area contributed by atoms with Gasteiger partial charge in [-0.05, 0) is 18.2 Å². The van der Waals surface area contributed by atoms with E-state index in [1.165, 1.54) is 0 Å². The second-order valence-electron chi connectivity index (χ2n) is 5.60. The van der Waals surface area contributed by atoms with Gasteiger partial charge in [0.2, 0.25) is 0 Å². The van der Waals surface area contributed by atoms with Gasteiger partial charge in [-0.25, -0.2) is 4.98 Å². The van der Waals surface area contributed by atoms with Crippen molar-refractivity contribution >= 4 is 27.5 Å². The Labute approximate surface area is 139 Å². The molecule has 3 aromatic carbocycles. The Balaban J connectivity index is 1.82. The second-order valence-corrected chi connectivity index (χ2v) is 5.60. The van der Waals surface area contributed by atoms with Gasteiger partial charge in [0, 0.05) is 22.9 Å². The molecule has 0 saturated heterocycles. The molecule has 0 unspecified atom stereocenters. The van der Waals surface area contributed by atoms with Gasteiger partial charge in [-0.2, -0.15) is 5.90 Å². The highest BCUT2D eigenvalue weighted by Crippen LogP contribution is 2.31. The van der Waals surface area contributed by atoms with Crippen molar-refractivity contribution in [3.05, 3.63) is 78.4 Å². The molecule has 0 fully saturated rings. The van der Waals surface area contributed by atoms with Crippen molar-refractivity contribution < 1.29 is 4.84 Å². The Kier molecular flexibility index (Phi) is 3.73. The van der Waals surface area contributed by atoms with Crippen molar-refractivity contribution in [3.63, 3.8) is 0 Å². The first-order chi connectivity index (χ1) is 11.9. The van der Waals surface area contributed by atoms with Gasteiger partial charge in [0.25, 0.3) is 0 Å². The quantitative estimate of drug-likeness (QED) is 0.436. The van der Waals surface area contributed by atoms with Gasteiger partial charge in [-0.15, -0.1) is 0 Å². The molecule has 4 heteroatoms. The van der Waals surface area contributed by atoms with Gasteiger partial charge in [-0.3, -0.25) is 0 Å². The van der Waals surface area contributed by atoms with Gasteiger partial charge in [0.1, 0.15) is 0 Å². The average Bonchev–Trinajstić information content (AvgIpc) is 2.65. The molecule has 0 bridgehead atoms. The third-order valence-corrected chi connectivity index (χ3v) is 4.14. The molecule has 0 aliphatic rings. The summed E-state index contributed by atoms with van der Waals surface area (Å²) < 4.78 is 0. The lowest BCUT2D eigenvalue weighted by Gasteiger charge is -2.14. The standard InChI is InChI=1S/C20H17N3O/c21-24-19-12-6-1-7-14(19)13-22-20-15-8-2-4-10-17(15)23-18-11-5-3-9-16(18)20/h1-12H,13,21H2,(H,22,23). The Morgan fingerprint density at radius 3 is 2.04 bits per heavy atom. The van der Waals surface area contributed by atoms with Crippen molar-refractivity contribution in [3.8, 4) is 5.75 Å². The fraction of sp³-hybridized carbons (Fsp3) is 0.0500. The molecule has 4 rings (SSSR count). The summed E-state index contributed by atoms with van der Waals surface area (Å²) in [6, 6.07) is 24.0. The van der Waals surface area contributed by atoms with E-state index in [2.05, 4.69) is 17.4 Å². The van der Waals surface area contributed by atoms with Crippen molar-refractivity contribution in [2.75, 3.05) is 5.32 Å². The van der Waals surface area contributed by atoms with Crippen LogP contribution in [0.25, 0.3) is 21.8 Å². The molecular weight excluding hydrogens is 298 g/mol. The molecular formula is C20H17N3O. The Morgan fingerprint density at radius 2 is 1.38 bits per heavy atom. The number of nitrogens with one attached hydrogen (secondary N) is 1. The maximum absolute atomic E-state index is 5.36. The minimum Gasteiger partial charge on any atom is -0.411 e. The van der Waals surface area contributed by atoms with Crippen LogP contribution in [0.5, 0.6) is 5.75 Å². The molecule has 0 spiro atoms. The van der Waals surface area contributed by atoms with E-state index in [9.17, 15) is 0 Å². The van der Waals surface area contributed by atoms with Crippen molar-refractivity contribution in [1.82, 2.24) is 4.98 Å². The fourth-order valence-electron chi connectivity index (χ4n) is 2.98. The number of benzene rings is 3. The molecule has 1 aromatic heterocycles. The number of nitrogens with zero attached hydrogens (tertiary/aromatic N) is 1. The predicted molar refractivity (Wildman–Crippen MR) is 97.8 cm³/mol. The van der Waals surface area contributed by atoms with Crippen LogP contribution in [0, 0.1) is 0 Å². The van der Waals surface area contributed by atoms with E-state index in [1.807, 2.05) is 60.7 Å². The summed E-state index contributed by atoms with van der Waals surface area (Å²) in [5, 5.41) is 5.74. The van der Waals surface area contributed by atoms with Crippen molar-refractivity contribution in [1.29, 1.82) is 0 Å². The van der Waals surface area contributed by atoms with Crippen LogP contribution in [0.1, 0.15) is 5.56 Å². The summed E-state index contributed by atoms with van der Waals surface area (Å²) >= 11 is 0. The number of nitrogens with two attached hydrogens (primary N) is 1. The minimum absolute atomic E-state index is 0.616. The molecule has 0 aliphatic carbocycles. The van der Waals surface area contributed by atoms with E-state index >= 15 is 0 Å². The monoisotopic (exact) mass is 315 g/mol. The van der Waals surface area contributed by atoms with Gasteiger partial charge in [-0.1, -0.05) is 54.6 Å². The van der Waals surface area contributed by atoms with Crippen LogP contribution in [0.3, 0.4) is 0 Å². The maximum Gasteiger partial charge on any atom is 0.151 e. The van der Waals surface area contributed by atoms with Crippen molar-refractivity contribution in [2.45, 2.75) is 6.54 Å². The van der Waals surface area contributed by atoms with Crippen LogP contribution in [0.15, 0.2) is 72.8 Å². The summed E-state index contributed by atoms with van der Waals surface area (Å²) in [5.41, 5.74) is 4.03. The lowest BCUT2D eigenvalue weighted by Crippen LogP contribution is -2.08. The van der Waals surface area contributed by atoms with Crippen molar-refractivity contribution in [2.24, 2.45) is 5.90 Å². The number of hydrogen-bond acceptors (Lipinski definition) is 4. The first-order valence-corrected chi connectivity index (χ1v) is 7.83. The SMILES string of the molecule is NOc1ccccc1CNc1c2ccccc2nc2ccccc12. The molecule has 24 heavy (non-hydrogen) atoms. The highest BCUT2D eigenvalue weighted by Gasteiger charge is 2.09. The topological polar surface area (TPSA) is 60.2 Å². The van der Waals surface area contributed by atoms with Gasteiger partial charge < -0.3 is 10.2 Å². The Morgan fingerprint density at radius 1 is 0.792 bits per heavy atom. The number of hydrogen-bond donors (Lipinski definition) is 2. The maximum atomic E-state index is 5.36. The fourth-order valence-corrected chi connectivity index (χ4v) is 2.98. The van der Waals surface area contributed by atoms with E-state index in [-0.39, 0.29) is 0 Å². The summed E-state index contributed by atoms with van der Waals surface area (Å²) in [6.45, 7) is 0.616. The molecule has 3 N–H and O–H groups in total. The Hall–Kier alpha value is -3.11. The van der Waals surface area contributed by atoms with Crippen LogP contribution in [-0.4, -0.2) is 4.98 Å². The zero-order valence-corrected chi connectivity index (χ0v) is 13.1. The van der Waals surface area contributed by atoms with Gasteiger partial charge in [0.15, 0.2) is 5.75 Å². The molecule has 4 aromatic rings. The molecule has 4 nitrogen and oxygen atoms in total. The number of para-hydroxylation sites is 3. The first kappa shape index (κ1) is 14.5. The highest BCUT2D eigenvalue weighted by molar-refractivity contribution is 6.07. The predicted octanol–water partition coefficient (Wildman–Crippen LogP) is 4.25. The van der Waals surface area contributed by atoms with E-state index in [4.69, 9.17) is 15.7 Å². The second kappa shape index (κ2) is 6.18. The highest BCUT2D eigenvalue weighted by atomic mass is 16.6. The largest absolute Gasteiger partial charge is 0.411 e. The van der Waals surface area contributed by atoms with E-state index in [1.54, 1.807) is 0 Å². The molecule has 0 radical (unpaired) electrons. The molecule has 0 atom stereocenters. The molecule has 118 valence electrons. The number of aromatic nitrogens is 1. The minimum atomic E-state index is 0.616. The van der Waals surface area contributed by atoms with Crippen LogP contribution in [0.4, 0.5) is 5.69 Å². The lowest BCUT2D eigenvalue weighted by molar-refractivity contribution is 0.331. The molecule has 0 amide bonds. The van der Waals surface area contributed by atoms with Gasteiger partial charge >= 0.3 is 0 Å². The zero-order valence-electron chi connectivity index (χ0n) is 13.1. The van der Waals surface area contributed by atoms with Crippen LogP contribution < -0.4 is 16.1 Å². The summed E-state index contributed by atoms with van der Waals surface area (Å²) in [4.78, 5) is 9.70. The molecule has 0 aliphatic heterocycles. The van der Waals surface area contributed by atoms with E-state index < -0.39 is 0 Å². The number of pyridine rings is 1. The lowest BCUT2D eigenvalue weighted by atomic mass is 10.1. The molecule has 1 heterocycles. The van der Waals surface area contributed by atoms with E-state index in [0.717, 1.165) is 33.1 Å². The number of fused-ring (bicyclic) bond motifs is 2. The summed E-state index contributed by atoms with van der Waals surface area (Å²) in [5.74, 6) is 6.04. The molecule has 0 saturated carbocycles. The van der Waals surface area contributed by atoms with Crippen LogP contribution in [-0.2, 0) is 6.54 Å². The normalized spacial score (nSPS) is 10.9. The Bertz CT molecular complexity index is 960. The number of rotatable bonds is 4. The van der Waals surface area contributed by atoms with Crippen LogP contribution >= 0.6 is 0 Å². The summed E-state index contributed by atoms with van der Waals surface area (Å²) in [6.07, 6.45) is 0. The number of anilines is 1. The third-order valence-electron chi connectivity index (χ3n) is 4.14. The van der Waals surface area contributed by atoms with Crippen LogP contribution in [0.2, 0.25) is 0 Å². The zero-order chi connectivity index (χ0) is 16.4.